The highest BCUT2D eigenvalue weighted by Crippen LogP contribution is 2.19. The van der Waals surface area contributed by atoms with Crippen LogP contribution in [0, 0.1) is 19.7 Å². The summed E-state index contributed by atoms with van der Waals surface area (Å²) in [5.74, 6) is -1.04. The maximum Gasteiger partial charge on any atom is 0.255 e. The molecule has 0 unspecified atom stereocenters. The molecule has 0 aliphatic carbocycles. The molecule has 0 spiro atoms. The van der Waals surface area contributed by atoms with Crippen LogP contribution in [-0.2, 0) is 0 Å². The van der Waals surface area contributed by atoms with Gasteiger partial charge in [-0.15, -0.1) is 0 Å². The predicted molar refractivity (Wildman–Crippen MR) is 105 cm³/mol. The van der Waals surface area contributed by atoms with Gasteiger partial charge in [-0.2, -0.15) is 0 Å². The Morgan fingerprint density at radius 1 is 0.778 bits per heavy atom. The van der Waals surface area contributed by atoms with Crippen LogP contribution in [0.25, 0.3) is 0 Å². The van der Waals surface area contributed by atoms with E-state index >= 15 is 0 Å². The van der Waals surface area contributed by atoms with Gasteiger partial charge in [0, 0.05) is 22.5 Å². The van der Waals surface area contributed by atoms with Crippen molar-refractivity contribution in [2.75, 3.05) is 10.6 Å². The van der Waals surface area contributed by atoms with Crippen LogP contribution in [0.1, 0.15) is 31.8 Å². The molecule has 2 amide bonds. The fourth-order valence-electron chi connectivity index (χ4n) is 2.62. The average molecular weight is 362 g/mol. The lowest BCUT2D eigenvalue weighted by Gasteiger charge is -2.11. The Bertz CT molecular complexity index is 997. The van der Waals surface area contributed by atoms with E-state index in [1.165, 1.54) is 30.3 Å². The standard InChI is InChI=1S/C22H19FN2O2/c1-14-5-3-8-20(15(14)2)25-22(27)17-7-4-6-16(13-17)21(26)24-19-11-9-18(23)10-12-19/h3-13H,1-2H3,(H,24,26)(H,25,27). The van der Waals surface area contributed by atoms with Crippen molar-refractivity contribution >= 4 is 23.2 Å². The molecule has 3 aromatic carbocycles. The van der Waals surface area contributed by atoms with Crippen molar-refractivity contribution in [2.24, 2.45) is 0 Å². The molecule has 0 atom stereocenters. The van der Waals surface area contributed by atoms with Crippen molar-refractivity contribution in [3.63, 3.8) is 0 Å². The van der Waals surface area contributed by atoms with Crippen molar-refractivity contribution < 1.29 is 14.0 Å². The molecule has 3 aromatic rings. The van der Waals surface area contributed by atoms with Crippen LogP contribution in [-0.4, -0.2) is 11.8 Å². The van der Waals surface area contributed by atoms with E-state index < -0.39 is 0 Å². The first-order chi connectivity index (χ1) is 12.9. The van der Waals surface area contributed by atoms with Gasteiger partial charge >= 0.3 is 0 Å². The molecule has 0 bridgehead atoms. The lowest BCUT2D eigenvalue weighted by Crippen LogP contribution is -2.16. The van der Waals surface area contributed by atoms with E-state index in [4.69, 9.17) is 0 Å². The molecular formula is C22H19FN2O2. The molecule has 5 heteroatoms. The molecule has 0 saturated carbocycles. The second-order valence-corrected chi connectivity index (χ2v) is 6.24. The number of carbonyl (C=O) groups excluding carboxylic acids is 2. The number of aryl methyl sites for hydroxylation is 1. The number of halogens is 1. The molecule has 0 fully saturated rings. The van der Waals surface area contributed by atoms with Gasteiger partial charge in [0.05, 0.1) is 0 Å². The van der Waals surface area contributed by atoms with Gasteiger partial charge < -0.3 is 10.6 Å². The molecule has 0 saturated heterocycles. The molecule has 27 heavy (non-hydrogen) atoms. The van der Waals surface area contributed by atoms with Crippen molar-refractivity contribution in [3.05, 3.63) is 94.8 Å². The highest BCUT2D eigenvalue weighted by molar-refractivity contribution is 6.08. The Morgan fingerprint density at radius 3 is 2.04 bits per heavy atom. The van der Waals surface area contributed by atoms with Crippen LogP contribution in [0.4, 0.5) is 15.8 Å². The van der Waals surface area contributed by atoms with E-state index in [1.54, 1.807) is 18.2 Å². The molecule has 0 aromatic heterocycles. The van der Waals surface area contributed by atoms with Crippen molar-refractivity contribution in [1.29, 1.82) is 0 Å². The Balaban J connectivity index is 1.76. The summed E-state index contributed by atoms with van der Waals surface area (Å²) in [4.78, 5) is 25.0. The summed E-state index contributed by atoms with van der Waals surface area (Å²) >= 11 is 0. The molecule has 0 heterocycles. The van der Waals surface area contributed by atoms with Crippen LogP contribution in [0.5, 0.6) is 0 Å². The van der Waals surface area contributed by atoms with E-state index in [0.29, 0.717) is 16.8 Å². The van der Waals surface area contributed by atoms with Crippen LogP contribution in [0.2, 0.25) is 0 Å². The zero-order valence-corrected chi connectivity index (χ0v) is 15.0. The average Bonchev–Trinajstić information content (AvgIpc) is 2.67. The van der Waals surface area contributed by atoms with Crippen molar-refractivity contribution in [1.82, 2.24) is 0 Å². The van der Waals surface area contributed by atoms with E-state index in [9.17, 15) is 14.0 Å². The summed E-state index contributed by atoms with van der Waals surface area (Å²) in [5.41, 5.74) is 4.01. The minimum atomic E-state index is -0.377. The minimum Gasteiger partial charge on any atom is -0.322 e. The number of amides is 2. The van der Waals surface area contributed by atoms with Gasteiger partial charge in [0.15, 0.2) is 0 Å². The summed E-state index contributed by atoms with van der Waals surface area (Å²) in [5, 5.41) is 5.56. The highest BCUT2D eigenvalue weighted by Gasteiger charge is 2.12. The molecule has 136 valence electrons. The maximum atomic E-state index is 13.0. The number of rotatable bonds is 4. The van der Waals surface area contributed by atoms with Gasteiger partial charge in [0.25, 0.3) is 11.8 Å². The molecule has 3 rings (SSSR count). The second-order valence-electron chi connectivity index (χ2n) is 6.24. The summed E-state index contributed by atoms with van der Waals surface area (Å²) in [7, 11) is 0. The van der Waals surface area contributed by atoms with Crippen LogP contribution >= 0.6 is 0 Å². The summed E-state index contributed by atoms with van der Waals surface area (Å²) in [6.45, 7) is 3.92. The zero-order valence-electron chi connectivity index (χ0n) is 15.0. The molecule has 0 radical (unpaired) electrons. The number of carbonyl (C=O) groups is 2. The Labute approximate surface area is 157 Å². The molecule has 0 aliphatic heterocycles. The number of hydrogen-bond acceptors (Lipinski definition) is 2. The third kappa shape index (κ3) is 4.39. The van der Waals surface area contributed by atoms with Gasteiger partial charge in [-0.1, -0.05) is 18.2 Å². The Morgan fingerprint density at radius 2 is 1.37 bits per heavy atom. The van der Waals surface area contributed by atoms with Gasteiger partial charge in [0.2, 0.25) is 0 Å². The van der Waals surface area contributed by atoms with Crippen LogP contribution in [0.3, 0.4) is 0 Å². The number of anilines is 2. The third-order valence-electron chi connectivity index (χ3n) is 4.34. The number of hydrogen-bond donors (Lipinski definition) is 2. The normalized spacial score (nSPS) is 10.3. The first-order valence-electron chi connectivity index (χ1n) is 8.48. The monoisotopic (exact) mass is 362 g/mol. The topological polar surface area (TPSA) is 58.2 Å². The van der Waals surface area contributed by atoms with Gasteiger partial charge in [-0.25, -0.2) is 4.39 Å². The summed E-state index contributed by atoms with van der Waals surface area (Å²) in [6, 6.07) is 17.6. The second kappa shape index (κ2) is 7.83. The fraction of sp³-hybridized carbons (Fsp3) is 0.0909. The minimum absolute atomic E-state index is 0.292. The third-order valence-corrected chi connectivity index (χ3v) is 4.34. The van der Waals surface area contributed by atoms with E-state index in [0.717, 1.165) is 16.8 Å². The van der Waals surface area contributed by atoms with Gasteiger partial charge in [-0.05, 0) is 73.5 Å². The molecule has 0 aliphatic rings. The lowest BCUT2D eigenvalue weighted by molar-refractivity contribution is 0.102. The van der Waals surface area contributed by atoms with E-state index in [-0.39, 0.29) is 17.6 Å². The molecule has 2 N–H and O–H groups in total. The first-order valence-corrected chi connectivity index (χ1v) is 8.48. The number of benzene rings is 3. The lowest BCUT2D eigenvalue weighted by atomic mass is 10.1. The highest BCUT2D eigenvalue weighted by atomic mass is 19.1. The van der Waals surface area contributed by atoms with Crippen LogP contribution in [0.15, 0.2) is 66.7 Å². The largest absolute Gasteiger partial charge is 0.322 e. The zero-order chi connectivity index (χ0) is 19.4. The van der Waals surface area contributed by atoms with E-state index in [2.05, 4.69) is 10.6 Å². The van der Waals surface area contributed by atoms with Gasteiger partial charge in [0.1, 0.15) is 5.82 Å². The van der Waals surface area contributed by atoms with Crippen LogP contribution < -0.4 is 10.6 Å². The smallest absolute Gasteiger partial charge is 0.255 e. The Kier molecular flexibility index (Phi) is 5.31. The summed E-state index contributed by atoms with van der Waals surface area (Å²) in [6.07, 6.45) is 0. The van der Waals surface area contributed by atoms with Crippen molar-refractivity contribution in [2.45, 2.75) is 13.8 Å². The fourth-order valence-corrected chi connectivity index (χ4v) is 2.62. The van der Waals surface area contributed by atoms with Gasteiger partial charge in [-0.3, -0.25) is 9.59 Å². The molecule has 4 nitrogen and oxygen atoms in total. The molecular weight excluding hydrogens is 343 g/mol. The van der Waals surface area contributed by atoms with E-state index in [1.807, 2.05) is 32.0 Å². The quantitative estimate of drug-likeness (QED) is 0.690. The number of nitrogens with one attached hydrogen (secondary N) is 2. The Hall–Kier alpha value is -3.47. The predicted octanol–water partition coefficient (Wildman–Crippen LogP) is 4.95. The first kappa shape index (κ1) is 18.3. The summed E-state index contributed by atoms with van der Waals surface area (Å²) < 4.78 is 13.0. The maximum absolute atomic E-state index is 13.0. The van der Waals surface area contributed by atoms with Crippen molar-refractivity contribution in [3.8, 4) is 0 Å². The SMILES string of the molecule is Cc1cccc(NC(=O)c2cccc(C(=O)Nc3ccc(F)cc3)c2)c1C.